The average molecular weight is 477 g/mol. The van der Waals surface area contributed by atoms with Gasteiger partial charge in [-0.3, -0.25) is 9.36 Å². The van der Waals surface area contributed by atoms with E-state index in [1.54, 1.807) is 24.1 Å². The number of halogens is 1. The number of thioether (sulfide) groups is 1. The zero-order valence-electron chi connectivity index (χ0n) is 16.8. The summed E-state index contributed by atoms with van der Waals surface area (Å²) in [4.78, 5) is 14.3. The zero-order chi connectivity index (χ0) is 22.0. The molecule has 1 atom stereocenters. The molecule has 7 nitrogen and oxygen atoms in total. The van der Waals surface area contributed by atoms with Gasteiger partial charge in [-0.25, -0.2) is 8.42 Å². The fourth-order valence-corrected chi connectivity index (χ4v) is 6.25. The summed E-state index contributed by atoms with van der Waals surface area (Å²) in [6.45, 7) is 0. The molecule has 1 amide bonds. The lowest BCUT2D eigenvalue weighted by Crippen LogP contribution is -2.38. The second kappa shape index (κ2) is 9.02. The molecule has 0 spiro atoms. The van der Waals surface area contributed by atoms with Crippen molar-refractivity contribution in [3.63, 3.8) is 0 Å². The molecule has 0 saturated carbocycles. The fraction of sp³-hybridized carbons (Fsp3) is 0.286. The molecule has 0 bridgehead atoms. The van der Waals surface area contributed by atoms with Crippen molar-refractivity contribution in [3.05, 3.63) is 59.6 Å². The normalized spacial score (nSPS) is 17.5. The van der Waals surface area contributed by atoms with Gasteiger partial charge in [-0.15, -0.1) is 10.2 Å². The molecule has 2 aromatic carbocycles. The minimum atomic E-state index is -3.05. The van der Waals surface area contributed by atoms with Crippen LogP contribution in [-0.4, -0.2) is 64.3 Å². The maximum atomic E-state index is 12.7. The van der Waals surface area contributed by atoms with Crippen molar-refractivity contribution in [2.75, 3.05) is 24.3 Å². The SMILES string of the molecule is CN(C(=O)CSc1nnc(-c2ccc(Cl)cc2)n1-c1ccccc1)[C@H]1CCS(=O)(=O)C1. The summed E-state index contributed by atoms with van der Waals surface area (Å²) in [6, 6.07) is 16.7. The van der Waals surface area contributed by atoms with Crippen LogP contribution in [0.2, 0.25) is 5.02 Å². The largest absolute Gasteiger partial charge is 0.341 e. The van der Waals surface area contributed by atoms with Crippen LogP contribution in [0.3, 0.4) is 0 Å². The Balaban J connectivity index is 1.57. The Kier molecular flexibility index (Phi) is 6.36. The van der Waals surface area contributed by atoms with Crippen LogP contribution in [0.1, 0.15) is 6.42 Å². The van der Waals surface area contributed by atoms with E-state index in [4.69, 9.17) is 11.6 Å². The number of amides is 1. The summed E-state index contributed by atoms with van der Waals surface area (Å²) >= 11 is 7.30. The van der Waals surface area contributed by atoms with Crippen LogP contribution in [0, 0.1) is 0 Å². The fourth-order valence-electron chi connectivity index (χ4n) is 3.47. The highest BCUT2D eigenvalue weighted by Gasteiger charge is 2.32. The molecule has 1 aliphatic heterocycles. The Morgan fingerprint density at radius 1 is 1.16 bits per heavy atom. The Morgan fingerprint density at radius 2 is 1.87 bits per heavy atom. The van der Waals surface area contributed by atoms with Gasteiger partial charge in [-0.1, -0.05) is 41.6 Å². The summed E-state index contributed by atoms with van der Waals surface area (Å²) in [7, 11) is -1.39. The molecule has 1 aliphatic rings. The summed E-state index contributed by atoms with van der Waals surface area (Å²) in [5, 5.41) is 9.89. The van der Waals surface area contributed by atoms with Crippen molar-refractivity contribution in [3.8, 4) is 17.1 Å². The van der Waals surface area contributed by atoms with Crippen molar-refractivity contribution >= 4 is 39.1 Å². The van der Waals surface area contributed by atoms with E-state index < -0.39 is 9.84 Å². The van der Waals surface area contributed by atoms with Gasteiger partial charge in [0.05, 0.1) is 17.3 Å². The second-order valence-corrected chi connectivity index (χ2v) is 10.9. The molecule has 4 rings (SSSR count). The molecule has 0 radical (unpaired) electrons. The van der Waals surface area contributed by atoms with Crippen LogP contribution >= 0.6 is 23.4 Å². The lowest BCUT2D eigenvalue weighted by Gasteiger charge is -2.23. The molecule has 0 aliphatic carbocycles. The van der Waals surface area contributed by atoms with E-state index in [2.05, 4.69) is 10.2 Å². The number of hydrogen-bond acceptors (Lipinski definition) is 6. The van der Waals surface area contributed by atoms with Crippen molar-refractivity contribution in [1.82, 2.24) is 19.7 Å². The predicted molar refractivity (Wildman–Crippen MR) is 122 cm³/mol. The van der Waals surface area contributed by atoms with Gasteiger partial charge in [-0.2, -0.15) is 0 Å². The van der Waals surface area contributed by atoms with Crippen LogP contribution in [0.15, 0.2) is 59.8 Å². The van der Waals surface area contributed by atoms with Crippen molar-refractivity contribution < 1.29 is 13.2 Å². The first-order chi connectivity index (χ1) is 14.8. The van der Waals surface area contributed by atoms with Gasteiger partial charge in [0, 0.05) is 29.4 Å². The minimum Gasteiger partial charge on any atom is -0.341 e. The van der Waals surface area contributed by atoms with E-state index >= 15 is 0 Å². The summed E-state index contributed by atoms with van der Waals surface area (Å²) in [5.41, 5.74) is 1.73. The van der Waals surface area contributed by atoms with Crippen LogP contribution in [0.5, 0.6) is 0 Å². The summed E-state index contributed by atoms with van der Waals surface area (Å²) in [6.07, 6.45) is 0.482. The van der Waals surface area contributed by atoms with E-state index in [1.165, 1.54) is 11.8 Å². The first-order valence-electron chi connectivity index (χ1n) is 9.70. The summed E-state index contributed by atoms with van der Waals surface area (Å²) < 4.78 is 25.4. The summed E-state index contributed by atoms with van der Waals surface area (Å²) in [5.74, 6) is 0.810. The number of hydrogen-bond donors (Lipinski definition) is 0. The zero-order valence-corrected chi connectivity index (χ0v) is 19.2. The molecule has 2 heterocycles. The highest BCUT2D eigenvalue weighted by Crippen LogP contribution is 2.29. The first kappa shape index (κ1) is 21.9. The number of sulfone groups is 1. The van der Waals surface area contributed by atoms with Gasteiger partial charge in [0.15, 0.2) is 20.8 Å². The van der Waals surface area contributed by atoms with Gasteiger partial charge in [0.2, 0.25) is 5.91 Å². The number of carbonyl (C=O) groups is 1. The molecule has 162 valence electrons. The van der Waals surface area contributed by atoms with Crippen LogP contribution in [0.4, 0.5) is 0 Å². The van der Waals surface area contributed by atoms with Gasteiger partial charge < -0.3 is 4.90 Å². The van der Waals surface area contributed by atoms with Crippen molar-refractivity contribution in [2.24, 2.45) is 0 Å². The molecule has 1 fully saturated rings. The third-order valence-electron chi connectivity index (χ3n) is 5.22. The third-order valence-corrected chi connectivity index (χ3v) is 8.14. The number of benzene rings is 2. The van der Waals surface area contributed by atoms with E-state index in [0.29, 0.717) is 22.4 Å². The van der Waals surface area contributed by atoms with Crippen LogP contribution in [-0.2, 0) is 14.6 Å². The number of aromatic nitrogens is 3. The molecule has 1 aromatic heterocycles. The molecule has 1 saturated heterocycles. The molecule has 10 heteroatoms. The van der Waals surface area contributed by atoms with Gasteiger partial charge in [0.25, 0.3) is 0 Å². The maximum absolute atomic E-state index is 12.7. The first-order valence-corrected chi connectivity index (χ1v) is 12.9. The predicted octanol–water partition coefficient (Wildman–Crippen LogP) is 3.33. The van der Waals surface area contributed by atoms with Gasteiger partial charge >= 0.3 is 0 Å². The quantitative estimate of drug-likeness (QED) is 0.507. The standard InChI is InChI=1S/C21H21ClN4O3S2/c1-25(18-11-12-31(28,29)14-18)19(27)13-30-21-24-23-20(15-7-9-16(22)10-8-15)26(21)17-5-3-2-4-6-17/h2-10,18H,11-14H2,1H3/t18-/m0/s1. The molecule has 0 unspecified atom stereocenters. The Hall–Kier alpha value is -2.36. The van der Waals surface area contributed by atoms with Gasteiger partial charge in [-0.05, 0) is 42.8 Å². The lowest BCUT2D eigenvalue weighted by molar-refractivity contribution is -0.128. The molecular weight excluding hydrogens is 456 g/mol. The third kappa shape index (κ3) is 4.94. The van der Waals surface area contributed by atoms with Crippen LogP contribution < -0.4 is 0 Å². The van der Waals surface area contributed by atoms with Crippen molar-refractivity contribution in [1.29, 1.82) is 0 Å². The Morgan fingerprint density at radius 3 is 2.52 bits per heavy atom. The van der Waals surface area contributed by atoms with Crippen molar-refractivity contribution in [2.45, 2.75) is 17.6 Å². The van der Waals surface area contributed by atoms with E-state index in [-0.39, 0.29) is 29.2 Å². The average Bonchev–Trinajstić information content (AvgIpc) is 3.35. The van der Waals surface area contributed by atoms with E-state index in [1.807, 2.05) is 47.0 Å². The highest BCUT2D eigenvalue weighted by molar-refractivity contribution is 7.99. The molecule has 31 heavy (non-hydrogen) atoms. The maximum Gasteiger partial charge on any atom is 0.233 e. The molecule has 0 N–H and O–H groups in total. The van der Waals surface area contributed by atoms with Gasteiger partial charge in [0.1, 0.15) is 0 Å². The number of para-hydroxylation sites is 1. The topological polar surface area (TPSA) is 85.2 Å². The van der Waals surface area contributed by atoms with E-state index in [0.717, 1.165) is 11.3 Å². The number of rotatable bonds is 6. The molecular formula is C21H21ClN4O3S2. The number of carbonyl (C=O) groups excluding carboxylic acids is 1. The van der Waals surface area contributed by atoms with E-state index in [9.17, 15) is 13.2 Å². The number of nitrogens with zero attached hydrogens (tertiary/aromatic N) is 4. The minimum absolute atomic E-state index is 0.0286. The Bertz CT molecular complexity index is 1180. The second-order valence-electron chi connectivity index (χ2n) is 7.33. The van der Waals surface area contributed by atoms with Crippen LogP contribution in [0.25, 0.3) is 17.1 Å². The molecule has 3 aromatic rings. The highest BCUT2D eigenvalue weighted by atomic mass is 35.5. The lowest BCUT2D eigenvalue weighted by atomic mass is 10.2. The Labute approximate surface area is 190 Å². The smallest absolute Gasteiger partial charge is 0.233 e. The monoisotopic (exact) mass is 476 g/mol.